The summed E-state index contributed by atoms with van der Waals surface area (Å²) in [7, 11) is 0. The van der Waals surface area contributed by atoms with Crippen LogP contribution < -0.4 is 0 Å². The molecule has 2 aromatic rings. The molecule has 0 amide bonds. The van der Waals surface area contributed by atoms with Gasteiger partial charge in [0.15, 0.2) is 6.29 Å². The highest BCUT2D eigenvalue weighted by molar-refractivity contribution is 5.97. The maximum atomic E-state index is 10.6. The summed E-state index contributed by atoms with van der Waals surface area (Å²) in [6.07, 6.45) is 2.88. The smallest absolute Gasteiger partial charge is 0.152 e. The molecule has 1 heterocycles. The summed E-state index contributed by atoms with van der Waals surface area (Å²) in [6, 6.07) is 3.17. The fraction of sp³-hybridized carbons (Fsp3) is 0. The minimum Gasteiger partial charge on any atom is -0.345 e. The van der Waals surface area contributed by atoms with Crippen LogP contribution >= 0.6 is 0 Å². The first-order valence-corrected chi connectivity index (χ1v) is 3.72. The van der Waals surface area contributed by atoms with Crippen molar-refractivity contribution in [3.63, 3.8) is 0 Å². The van der Waals surface area contributed by atoms with E-state index in [0.717, 1.165) is 0 Å². The van der Waals surface area contributed by atoms with Gasteiger partial charge in [-0.25, -0.2) is 4.98 Å². The van der Waals surface area contributed by atoms with Gasteiger partial charge in [0, 0.05) is 11.1 Å². The highest BCUT2D eigenvalue weighted by atomic mass is 16.1. The summed E-state index contributed by atoms with van der Waals surface area (Å²) in [4.78, 5) is 27.9. The predicted molar refractivity (Wildman–Crippen MR) is 46.9 cm³/mol. The van der Waals surface area contributed by atoms with Crippen LogP contribution in [0.5, 0.6) is 0 Å². The number of fused-ring (bicyclic) bond motifs is 1. The van der Waals surface area contributed by atoms with E-state index in [9.17, 15) is 9.59 Å². The number of benzene rings is 1. The topological polar surface area (TPSA) is 62.8 Å². The number of imidazole rings is 1. The maximum absolute atomic E-state index is 10.6. The third-order valence-corrected chi connectivity index (χ3v) is 1.84. The lowest BCUT2D eigenvalue weighted by Gasteiger charge is -1.94. The number of nitrogens with zero attached hydrogens (tertiary/aromatic N) is 1. The molecule has 0 aliphatic rings. The van der Waals surface area contributed by atoms with Gasteiger partial charge in [0.05, 0.1) is 17.4 Å². The Kier molecular flexibility index (Phi) is 1.66. The van der Waals surface area contributed by atoms with Crippen molar-refractivity contribution in [2.24, 2.45) is 0 Å². The molecule has 0 spiro atoms. The molecule has 4 nitrogen and oxygen atoms in total. The van der Waals surface area contributed by atoms with Gasteiger partial charge in [0.2, 0.25) is 0 Å². The van der Waals surface area contributed by atoms with Crippen LogP contribution in [-0.2, 0) is 0 Å². The summed E-state index contributed by atoms with van der Waals surface area (Å²) >= 11 is 0. The lowest BCUT2D eigenvalue weighted by Crippen LogP contribution is -1.87. The molecule has 0 unspecified atom stereocenters. The number of hydrogen-bond acceptors (Lipinski definition) is 3. The molecule has 0 aliphatic heterocycles. The van der Waals surface area contributed by atoms with Crippen LogP contribution in [0.4, 0.5) is 0 Å². The SMILES string of the molecule is O=Cc1cc(C=O)c2nc[nH]c2c1. The van der Waals surface area contributed by atoms with Gasteiger partial charge in [-0.3, -0.25) is 9.59 Å². The van der Waals surface area contributed by atoms with Crippen LogP contribution in [0.2, 0.25) is 0 Å². The summed E-state index contributed by atoms with van der Waals surface area (Å²) < 4.78 is 0. The van der Waals surface area contributed by atoms with Crippen LogP contribution in [0.25, 0.3) is 11.0 Å². The predicted octanol–water partition coefficient (Wildman–Crippen LogP) is 1.19. The molecule has 1 aromatic heterocycles. The molecule has 0 saturated carbocycles. The average molecular weight is 174 g/mol. The number of nitrogens with one attached hydrogen (secondary N) is 1. The van der Waals surface area contributed by atoms with Crippen molar-refractivity contribution < 1.29 is 9.59 Å². The molecule has 0 aliphatic carbocycles. The molecule has 0 radical (unpaired) electrons. The second-order valence-electron chi connectivity index (χ2n) is 2.64. The van der Waals surface area contributed by atoms with E-state index in [0.29, 0.717) is 34.7 Å². The monoisotopic (exact) mass is 174 g/mol. The minimum absolute atomic E-state index is 0.431. The number of hydrogen-bond donors (Lipinski definition) is 1. The third kappa shape index (κ3) is 1.12. The molecule has 1 aromatic carbocycles. The van der Waals surface area contributed by atoms with Gasteiger partial charge in [-0.15, -0.1) is 0 Å². The van der Waals surface area contributed by atoms with Gasteiger partial charge < -0.3 is 4.98 Å². The van der Waals surface area contributed by atoms with Crippen molar-refractivity contribution in [2.75, 3.05) is 0 Å². The molecule has 2 rings (SSSR count). The Labute approximate surface area is 73.6 Å². The van der Waals surface area contributed by atoms with Gasteiger partial charge in [-0.05, 0) is 12.1 Å². The Morgan fingerprint density at radius 1 is 1.23 bits per heavy atom. The van der Waals surface area contributed by atoms with E-state index in [2.05, 4.69) is 9.97 Å². The molecule has 13 heavy (non-hydrogen) atoms. The first-order chi connectivity index (χ1) is 6.35. The van der Waals surface area contributed by atoms with E-state index in [1.54, 1.807) is 6.07 Å². The van der Waals surface area contributed by atoms with Crippen molar-refractivity contribution >= 4 is 23.6 Å². The largest absolute Gasteiger partial charge is 0.345 e. The van der Waals surface area contributed by atoms with Crippen LogP contribution in [0, 0.1) is 0 Å². The fourth-order valence-electron chi connectivity index (χ4n) is 1.26. The van der Waals surface area contributed by atoms with Crippen LogP contribution in [0.15, 0.2) is 18.5 Å². The standard InChI is InChI=1S/C9H6N2O2/c12-3-6-1-7(4-13)9-8(2-6)10-5-11-9/h1-5H,(H,10,11). The molecule has 0 bridgehead atoms. The van der Waals surface area contributed by atoms with Crippen molar-refractivity contribution in [1.82, 2.24) is 9.97 Å². The number of aromatic amines is 1. The number of aldehydes is 2. The van der Waals surface area contributed by atoms with Crippen molar-refractivity contribution in [3.05, 3.63) is 29.6 Å². The Balaban J connectivity index is 2.84. The number of carbonyl (C=O) groups is 2. The maximum Gasteiger partial charge on any atom is 0.152 e. The number of carbonyl (C=O) groups excluding carboxylic acids is 2. The molecule has 1 N–H and O–H groups in total. The van der Waals surface area contributed by atoms with E-state index in [1.165, 1.54) is 12.4 Å². The highest BCUT2D eigenvalue weighted by Crippen LogP contribution is 2.15. The van der Waals surface area contributed by atoms with E-state index in [1.807, 2.05) is 0 Å². The summed E-state index contributed by atoms with van der Waals surface area (Å²) in [5, 5.41) is 0. The van der Waals surface area contributed by atoms with E-state index in [-0.39, 0.29) is 0 Å². The number of rotatable bonds is 2. The molecular weight excluding hydrogens is 168 g/mol. The quantitative estimate of drug-likeness (QED) is 0.695. The van der Waals surface area contributed by atoms with Gasteiger partial charge >= 0.3 is 0 Å². The van der Waals surface area contributed by atoms with Crippen molar-refractivity contribution in [3.8, 4) is 0 Å². The molecule has 0 saturated heterocycles. The minimum atomic E-state index is 0.431. The van der Waals surface area contributed by atoms with Crippen LogP contribution in [0.3, 0.4) is 0 Å². The molecule has 4 heteroatoms. The Hall–Kier alpha value is -1.97. The first-order valence-electron chi connectivity index (χ1n) is 3.72. The lowest BCUT2D eigenvalue weighted by molar-refractivity contribution is 0.112. The van der Waals surface area contributed by atoms with Crippen LogP contribution in [0.1, 0.15) is 20.7 Å². The summed E-state index contributed by atoms with van der Waals surface area (Å²) in [5.74, 6) is 0. The second kappa shape index (κ2) is 2.82. The normalized spacial score (nSPS) is 10.2. The molecule has 0 fully saturated rings. The molecule has 0 atom stereocenters. The van der Waals surface area contributed by atoms with Gasteiger partial charge in [0.1, 0.15) is 6.29 Å². The zero-order chi connectivity index (χ0) is 9.26. The van der Waals surface area contributed by atoms with E-state index >= 15 is 0 Å². The van der Waals surface area contributed by atoms with Crippen molar-refractivity contribution in [1.29, 1.82) is 0 Å². The van der Waals surface area contributed by atoms with Gasteiger partial charge in [0.25, 0.3) is 0 Å². The fourth-order valence-corrected chi connectivity index (χ4v) is 1.26. The number of aromatic nitrogens is 2. The lowest BCUT2D eigenvalue weighted by atomic mass is 10.1. The van der Waals surface area contributed by atoms with Crippen LogP contribution in [-0.4, -0.2) is 22.5 Å². The highest BCUT2D eigenvalue weighted by Gasteiger charge is 2.04. The Morgan fingerprint density at radius 3 is 2.77 bits per heavy atom. The summed E-state index contributed by atoms with van der Waals surface area (Å²) in [6.45, 7) is 0. The average Bonchev–Trinajstić information content (AvgIpc) is 2.63. The van der Waals surface area contributed by atoms with E-state index < -0.39 is 0 Å². The third-order valence-electron chi connectivity index (χ3n) is 1.84. The van der Waals surface area contributed by atoms with Gasteiger partial charge in [-0.2, -0.15) is 0 Å². The zero-order valence-electron chi connectivity index (χ0n) is 6.65. The Bertz CT molecular complexity index is 473. The molecule has 64 valence electrons. The van der Waals surface area contributed by atoms with Crippen molar-refractivity contribution in [2.45, 2.75) is 0 Å². The molecular formula is C9H6N2O2. The second-order valence-corrected chi connectivity index (χ2v) is 2.64. The first kappa shape index (κ1) is 7.67. The Morgan fingerprint density at radius 2 is 2.08 bits per heavy atom. The van der Waals surface area contributed by atoms with E-state index in [4.69, 9.17) is 0 Å². The zero-order valence-corrected chi connectivity index (χ0v) is 6.65. The van der Waals surface area contributed by atoms with Gasteiger partial charge in [-0.1, -0.05) is 0 Å². The summed E-state index contributed by atoms with van der Waals surface area (Å²) in [5.41, 5.74) is 2.20. The number of H-pyrrole nitrogens is 1.